The maximum atomic E-state index is 13.1. The number of carbonyl (C=O) groups excluding carboxylic acids is 28. The molecule has 14 heterocycles. The Morgan fingerprint density at radius 1 is 0.224 bits per heavy atom. The van der Waals surface area contributed by atoms with Gasteiger partial charge in [0, 0.05) is 135 Å². The molecule has 0 spiro atoms. The number of nitrogen functional groups attached to an aromatic ring is 7. The predicted molar refractivity (Wildman–Crippen MR) is 505 cm³/mol. The number of hydrogen-bond donors (Lipinski definition) is 14. The number of hydrogen-bond acceptors (Lipinski definition) is 35. The van der Waals surface area contributed by atoms with E-state index in [2.05, 4.69) is 0 Å². The van der Waals surface area contributed by atoms with Crippen molar-refractivity contribution < 1.29 is 201 Å². The van der Waals surface area contributed by atoms with Crippen LogP contribution >= 0.6 is 0 Å². The molecule has 147 heavy (non-hydrogen) atoms. The van der Waals surface area contributed by atoms with Gasteiger partial charge in [-0.25, -0.2) is 0 Å². The van der Waals surface area contributed by atoms with Gasteiger partial charge in [-0.3, -0.25) is 206 Å². The minimum Gasteiger partial charge on any atom is -0.398 e. The Morgan fingerprint density at radius 2 is 0.395 bits per heavy atom. The topological polar surface area (TPSA) is 767 Å². The number of carbonyl (C=O) groups is 28. The van der Waals surface area contributed by atoms with Gasteiger partial charge < -0.3 is 40.1 Å². The first-order chi connectivity index (χ1) is 88.9. The summed E-state index contributed by atoms with van der Waals surface area (Å²) in [5.74, 6) is -39.8. The Morgan fingerprint density at radius 3 is 0.578 bits per heavy atom. The number of rotatable bonds is 7. The van der Waals surface area contributed by atoms with E-state index in [1.165, 1.54) is 57.7 Å². The number of nitrogens with zero attached hydrogens (tertiary/aromatic N) is 7. The Labute approximate surface area is 898 Å². The molecular weight excluding hydrogens is 1920 g/mol. The molecule has 14 aliphatic heterocycles. The molecule has 7 aromatic carbocycles. The number of nitrogens with two attached hydrogens (primary N) is 7. The van der Waals surface area contributed by atoms with Crippen LogP contribution in [0.15, 0.2) is 127 Å². The summed E-state index contributed by atoms with van der Waals surface area (Å²) in [4.78, 5) is 351. The molecule has 0 radical (unpaired) electrons. The van der Waals surface area contributed by atoms with E-state index >= 15 is 0 Å². The minimum atomic E-state index is -3.97. The van der Waals surface area contributed by atoms with Crippen molar-refractivity contribution >= 4 is 205 Å². The van der Waals surface area contributed by atoms with Crippen LogP contribution in [-0.2, 0) is 67.1 Å². The summed E-state index contributed by atoms with van der Waals surface area (Å²) in [6, 6.07) is 1.90. The van der Waals surface area contributed by atoms with E-state index < -0.39 is 498 Å². The summed E-state index contributed by atoms with van der Waals surface area (Å²) in [6.07, 6.45) is -32.9. The fourth-order valence-corrected chi connectivity index (χ4v) is 15.8. The van der Waals surface area contributed by atoms with Crippen molar-refractivity contribution in [2.24, 2.45) is 0 Å². The first-order valence-corrected chi connectivity index (χ1v) is 40.8. The number of anilines is 7. The molecule has 756 valence electrons. The van der Waals surface area contributed by atoms with Crippen molar-refractivity contribution in [3.8, 4) is 0 Å². The fourth-order valence-electron chi connectivity index (χ4n) is 15.8. The third-order valence-electron chi connectivity index (χ3n) is 23.0. The van der Waals surface area contributed by atoms with Crippen LogP contribution in [0.25, 0.3) is 0 Å². The van der Waals surface area contributed by atoms with E-state index in [4.69, 9.17) is 107 Å². The molecule has 21 rings (SSSR count). The Hall–Kier alpha value is -18.9. The standard InChI is InChI=1S/7C14H13N3O4/c7*1-14(6-5-9(18)16-13(14)21)17-11(19)7-3-2-4-8(15)10(7)12(17)20/h7*2-4H,5-6,15H2,1H3,(H,16,18,21)/t4*14-;;;/m1100.../s1/i1D3,2D,3D,4D;1D3,5D2,6D2;1D3,2D,3D,4D;1D3,5D2,6D2;1D3,2D,3D,4D,5D2,6D2;1D3,2D,3D,4D;1D3,5D2,6D2. The fraction of sp³-hybridized carbons (Fsp3) is 0.286. The molecule has 7 aromatic rings. The molecule has 49 heteroatoms. The van der Waals surface area contributed by atoms with E-state index in [0.717, 1.165) is 18.2 Å². The third-order valence-corrected chi connectivity index (χ3v) is 23.0. The normalized spacial score (nSPS) is 33.3. The molecule has 0 bridgehead atoms. The lowest BCUT2D eigenvalue weighted by Crippen LogP contribution is -2.62. The molecule has 21 N–H and O–H groups in total. The summed E-state index contributed by atoms with van der Waals surface area (Å²) in [7, 11) is 0. The Balaban J connectivity index is 0.000000164. The zero-order valence-corrected chi connectivity index (χ0v) is 73.0. The predicted octanol–water partition coefficient (Wildman–Crippen LogP) is 0.421. The van der Waals surface area contributed by atoms with Gasteiger partial charge in [0.15, 0.2) is 0 Å². The lowest BCUT2D eigenvalue weighted by molar-refractivity contribution is -0.142. The monoisotopic (exact) mass is 2060 g/mol. The largest absolute Gasteiger partial charge is 0.398 e. The van der Waals surface area contributed by atoms with E-state index in [1.54, 1.807) is 0 Å². The molecule has 3 unspecified atom stereocenters. The number of piperidine rings is 7. The van der Waals surface area contributed by atoms with Crippen molar-refractivity contribution in [2.75, 3.05) is 40.1 Å². The number of fused-ring (bicyclic) bond motifs is 7. The lowest BCUT2D eigenvalue weighted by atomic mass is 9.89. The zero-order valence-electron chi connectivity index (χ0n) is 122. The molecule has 14 aliphatic rings. The molecule has 7 atom stereocenters. The van der Waals surface area contributed by atoms with Crippen molar-refractivity contribution in [1.82, 2.24) is 71.5 Å². The van der Waals surface area contributed by atoms with Gasteiger partial charge in [-0.05, 0) is 177 Å². The second-order valence-electron chi connectivity index (χ2n) is 31.8. The maximum Gasteiger partial charge on any atom is 0.264 e. The maximum absolute atomic E-state index is 13.1. The average Bonchev–Trinajstić information content (AvgIpc) is 1.39. The van der Waals surface area contributed by atoms with Crippen LogP contribution < -0.4 is 77.4 Å². The molecular formula is C98H91N21O28. The molecule has 7 saturated heterocycles. The zero-order chi connectivity index (χ0) is 150. The van der Waals surface area contributed by atoms with Gasteiger partial charge in [-0.2, -0.15) is 0 Å². The van der Waals surface area contributed by atoms with Crippen molar-refractivity contribution in [3.05, 3.63) is 205 Å². The molecule has 0 saturated carbocycles. The van der Waals surface area contributed by atoms with E-state index in [1.807, 2.05) is 16.0 Å². The molecule has 0 aliphatic carbocycles. The number of amides is 28. The highest BCUT2D eigenvalue weighted by Crippen LogP contribution is 2.45. The van der Waals surface area contributed by atoms with Crippen LogP contribution in [0.5, 0.6) is 0 Å². The van der Waals surface area contributed by atoms with Gasteiger partial charge in [0.2, 0.25) is 41.4 Å². The van der Waals surface area contributed by atoms with Crippen molar-refractivity contribution in [2.45, 2.75) is 176 Å². The smallest absolute Gasteiger partial charge is 0.264 e. The molecule has 49 nitrogen and oxygen atoms in total. The van der Waals surface area contributed by atoms with Gasteiger partial charge in [0.1, 0.15) is 38.8 Å². The van der Waals surface area contributed by atoms with Crippen LogP contribution in [0.2, 0.25) is 0 Å². The van der Waals surface area contributed by atoms with Crippen LogP contribution in [0.4, 0.5) is 39.8 Å². The highest BCUT2D eigenvalue weighted by atomic mass is 16.2. The quantitative estimate of drug-likeness (QED) is 0.0759. The minimum absolute atomic E-state index is 0.138. The van der Waals surface area contributed by atoms with Crippen LogP contribution in [-0.4, -0.2) is 238 Å². The lowest BCUT2D eigenvalue weighted by Gasteiger charge is -2.38. The highest BCUT2D eigenvalue weighted by molar-refractivity contribution is 6.33. The Bertz CT molecular complexity index is 8940. The van der Waals surface area contributed by atoms with Crippen molar-refractivity contribution in [1.29, 1.82) is 0 Å². The second-order valence-corrected chi connectivity index (χ2v) is 31.8. The SMILES string of the molecule is [2H]C([2H])([2H])C1(N2C(=O)c3cccc(N)c3C2=O)C(=O)NC(=O)C([2H])([2H])C1([2H])[2H].[2H]C1([2H])C(=O)NC(=O)[C@@](N2C(=O)c3cccc(N)c3C2=O)(C([2H])([2H])[2H])C1([2H])[2H].[2H]C1([2H])C(=O)NC(=O)[C@](N2C(=O)c3cccc(N)c3C2=O)(C([2H])([2H])[2H])C1([2H])[2H].[2H]c1c([2H])c(N)c2c(c1[2H])C(=O)N(C1(C([2H])([2H])[2H])C(=O)NC(=O)C([2H])([2H])C1([2H])[2H])C2=O.[2H]c1c([2H])c(N)c2c(c1[2H])C(=O)N(C1(C([2H])([2H])[2H])CCC(=O)NC1=O)C2=O.[2H]c1c([2H])c(N)c2c(c1[2H])C(=O)N([C@@]1(C([2H])([2H])[2H])CCC(=O)NC1=O)C2=O.[2H]c1c([2H])c(N)c2c(c1[2H])C(=O)N([C@]1(C([2H])([2H])[2H])CCC(=O)NC1=O)C2=O. The second kappa shape index (κ2) is 37.2. The summed E-state index contributed by atoms with van der Waals surface area (Å²) >= 11 is 0. The van der Waals surface area contributed by atoms with E-state index in [0.29, 0.717) is 0 Å². The third kappa shape index (κ3) is 16.7. The van der Waals surface area contributed by atoms with Gasteiger partial charge >= 0.3 is 0 Å². The average molecular weight is 2060 g/mol. The first-order valence-electron chi connectivity index (χ1n) is 65.3. The molecule has 0 aromatic heterocycles. The van der Waals surface area contributed by atoms with Crippen LogP contribution in [0, 0.1) is 0 Å². The van der Waals surface area contributed by atoms with E-state index in [9.17, 15) is 134 Å². The van der Waals surface area contributed by atoms with Gasteiger partial charge in [0.05, 0.1) is 94.3 Å². The first kappa shape index (κ1) is 56.7. The Kier molecular flexibility index (Phi) is 14.3. The molecule has 7 fully saturated rings. The van der Waals surface area contributed by atoms with Gasteiger partial charge in [0.25, 0.3) is 124 Å². The summed E-state index contributed by atoms with van der Waals surface area (Å²) in [5, 5.41) is 11.2. The van der Waals surface area contributed by atoms with Gasteiger partial charge in [-0.1, -0.05) is 42.4 Å². The number of benzene rings is 7. The summed E-state index contributed by atoms with van der Waals surface area (Å²) < 4.78 is 384. The van der Waals surface area contributed by atoms with Crippen LogP contribution in [0.3, 0.4) is 0 Å². The van der Waals surface area contributed by atoms with Gasteiger partial charge in [-0.15, -0.1) is 0 Å². The summed E-state index contributed by atoms with van der Waals surface area (Å²) in [5.41, 5.74) is 5.87. The van der Waals surface area contributed by atoms with E-state index in [-0.39, 0.29) is 68.1 Å². The summed E-state index contributed by atoms with van der Waals surface area (Å²) in [6.45, 7) is -24.7. The number of imide groups is 14. The highest BCUT2D eigenvalue weighted by Gasteiger charge is 2.61. The number of nitrogens with one attached hydrogen (secondary N) is 7. The molecule has 28 amide bonds. The van der Waals surface area contributed by atoms with Crippen LogP contribution in [0.1, 0.15) is 350 Å². The van der Waals surface area contributed by atoms with Crippen molar-refractivity contribution in [3.63, 3.8) is 0 Å².